The molecule has 0 spiro atoms. The van der Waals surface area contributed by atoms with E-state index >= 15 is 0 Å². The molecular formula is C25H30N2O2. The van der Waals surface area contributed by atoms with E-state index in [2.05, 4.69) is 13.0 Å². The van der Waals surface area contributed by atoms with Gasteiger partial charge in [0.25, 0.3) is 0 Å². The van der Waals surface area contributed by atoms with E-state index in [1.165, 1.54) is 6.42 Å². The van der Waals surface area contributed by atoms with Crippen LogP contribution in [0.2, 0.25) is 0 Å². The number of rotatable bonds is 3. The molecule has 1 aliphatic carbocycles. The second-order valence-electron chi connectivity index (χ2n) is 8.43. The average Bonchev–Trinajstić information content (AvgIpc) is 2.75. The molecule has 1 heterocycles. The summed E-state index contributed by atoms with van der Waals surface area (Å²) < 4.78 is 0. The fourth-order valence-corrected chi connectivity index (χ4v) is 5.08. The van der Waals surface area contributed by atoms with Crippen molar-refractivity contribution in [3.8, 4) is 0 Å². The molecule has 0 aromatic heterocycles. The van der Waals surface area contributed by atoms with E-state index in [1.54, 1.807) is 6.92 Å². The molecule has 0 radical (unpaired) electrons. The zero-order valence-electron chi connectivity index (χ0n) is 17.4. The molecule has 4 nitrogen and oxygen atoms in total. The number of hydrogen-bond donors (Lipinski definition) is 0. The van der Waals surface area contributed by atoms with Gasteiger partial charge in [0, 0.05) is 30.3 Å². The first kappa shape index (κ1) is 19.7. The van der Waals surface area contributed by atoms with Crippen molar-refractivity contribution in [3.05, 3.63) is 60.2 Å². The number of amides is 2. The molecule has 2 aliphatic rings. The lowest BCUT2D eigenvalue weighted by Gasteiger charge is -2.44. The van der Waals surface area contributed by atoms with Crippen LogP contribution in [0, 0.1) is 5.92 Å². The van der Waals surface area contributed by atoms with Crippen molar-refractivity contribution in [2.45, 2.75) is 64.5 Å². The molecule has 29 heavy (non-hydrogen) atoms. The molecule has 1 aliphatic heterocycles. The van der Waals surface area contributed by atoms with Crippen LogP contribution < -0.4 is 9.80 Å². The highest BCUT2D eigenvalue weighted by molar-refractivity contribution is 5.98. The van der Waals surface area contributed by atoms with E-state index in [9.17, 15) is 9.59 Å². The summed E-state index contributed by atoms with van der Waals surface area (Å²) in [6, 6.07) is 17.9. The van der Waals surface area contributed by atoms with Gasteiger partial charge < -0.3 is 9.80 Å². The maximum absolute atomic E-state index is 13.5. The minimum absolute atomic E-state index is 0.0234. The number of para-hydroxylation sites is 2. The molecule has 2 amide bonds. The zero-order valence-corrected chi connectivity index (χ0v) is 17.4. The first-order chi connectivity index (χ1) is 14.1. The summed E-state index contributed by atoms with van der Waals surface area (Å²) in [4.78, 5) is 30.0. The molecular weight excluding hydrogens is 360 g/mol. The second-order valence-corrected chi connectivity index (χ2v) is 8.43. The molecule has 1 fully saturated rings. The molecule has 2 atom stereocenters. The van der Waals surface area contributed by atoms with Gasteiger partial charge in [-0.15, -0.1) is 0 Å². The van der Waals surface area contributed by atoms with E-state index in [0.29, 0.717) is 0 Å². The fourth-order valence-electron chi connectivity index (χ4n) is 5.08. The van der Waals surface area contributed by atoms with Gasteiger partial charge in [0.1, 0.15) is 0 Å². The lowest BCUT2D eigenvalue weighted by atomic mass is 9.85. The monoisotopic (exact) mass is 390 g/mol. The minimum atomic E-state index is -0.0727. The average molecular weight is 391 g/mol. The van der Waals surface area contributed by atoms with Crippen LogP contribution in [0.25, 0.3) is 0 Å². The third-order valence-electron chi connectivity index (χ3n) is 6.44. The Balaban J connectivity index is 1.72. The number of fused-ring (bicyclic) bond motifs is 1. The highest BCUT2D eigenvalue weighted by Gasteiger charge is 2.39. The van der Waals surface area contributed by atoms with Gasteiger partial charge in [0.05, 0.1) is 6.04 Å². The van der Waals surface area contributed by atoms with Crippen LogP contribution in [-0.4, -0.2) is 17.9 Å². The van der Waals surface area contributed by atoms with Crippen LogP contribution in [0.1, 0.15) is 64.0 Å². The van der Waals surface area contributed by atoms with Crippen LogP contribution in [0.3, 0.4) is 0 Å². The largest absolute Gasteiger partial charge is 0.309 e. The first-order valence-electron chi connectivity index (χ1n) is 10.8. The maximum atomic E-state index is 13.5. The lowest BCUT2D eigenvalue weighted by Crippen LogP contribution is -2.49. The predicted molar refractivity (Wildman–Crippen MR) is 117 cm³/mol. The Hall–Kier alpha value is -2.62. The third-order valence-corrected chi connectivity index (χ3v) is 6.44. The molecule has 2 aromatic rings. The van der Waals surface area contributed by atoms with Crippen molar-refractivity contribution >= 4 is 23.2 Å². The van der Waals surface area contributed by atoms with Gasteiger partial charge in [-0.25, -0.2) is 0 Å². The number of carbonyl (C=O) groups is 2. The fraction of sp³-hybridized carbons (Fsp3) is 0.440. The minimum Gasteiger partial charge on any atom is -0.309 e. The number of benzene rings is 2. The van der Waals surface area contributed by atoms with Gasteiger partial charge in [-0.3, -0.25) is 9.59 Å². The molecule has 4 rings (SSSR count). The Morgan fingerprint density at radius 1 is 0.931 bits per heavy atom. The van der Waals surface area contributed by atoms with Crippen LogP contribution >= 0.6 is 0 Å². The molecule has 0 bridgehead atoms. The number of carbonyl (C=O) groups excluding carboxylic acids is 2. The molecule has 1 saturated carbocycles. The van der Waals surface area contributed by atoms with Gasteiger partial charge in [-0.05, 0) is 49.9 Å². The topological polar surface area (TPSA) is 40.6 Å². The Kier molecular flexibility index (Phi) is 5.70. The normalized spacial score (nSPS) is 22.1. The quantitative estimate of drug-likeness (QED) is 0.696. The predicted octanol–water partition coefficient (Wildman–Crippen LogP) is 5.49. The van der Waals surface area contributed by atoms with E-state index in [0.717, 1.165) is 49.0 Å². The molecule has 2 aromatic carbocycles. The Morgan fingerprint density at radius 3 is 2.28 bits per heavy atom. The van der Waals surface area contributed by atoms with Crippen molar-refractivity contribution in [1.29, 1.82) is 0 Å². The van der Waals surface area contributed by atoms with E-state index in [-0.39, 0.29) is 29.8 Å². The molecule has 0 saturated heterocycles. The molecule has 0 N–H and O–H groups in total. The third kappa shape index (κ3) is 3.81. The molecule has 152 valence electrons. The van der Waals surface area contributed by atoms with Crippen molar-refractivity contribution in [2.24, 2.45) is 5.92 Å². The van der Waals surface area contributed by atoms with Crippen molar-refractivity contribution < 1.29 is 9.59 Å². The summed E-state index contributed by atoms with van der Waals surface area (Å²) in [5.74, 6) is 0.418. The van der Waals surface area contributed by atoms with Crippen LogP contribution in [-0.2, 0) is 9.59 Å². The van der Waals surface area contributed by atoms with Gasteiger partial charge >= 0.3 is 0 Å². The number of anilines is 2. The molecule has 2 unspecified atom stereocenters. The van der Waals surface area contributed by atoms with E-state index in [4.69, 9.17) is 0 Å². The van der Waals surface area contributed by atoms with E-state index in [1.807, 2.05) is 58.3 Å². The number of hydrogen-bond acceptors (Lipinski definition) is 2. The van der Waals surface area contributed by atoms with Crippen LogP contribution in [0.5, 0.6) is 0 Å². The van der Waals surface area contributed by atoms with Crippen molar-refractivity contribution in [3.63, 3.8) is 0 Å². The Labute approximate surface area is 173 Å². The van der Waals surface area contributed by atoms with Gasteiger partial charge in [0.15, 0.2) is 0 Å². The summed E-state index contributed by atoms with van der Waals surface area (Å²) in [6.07, 6.45) is 6.27. The van der Waals surface area contributed by atoms with Crippen LogP contribution in [0.4, 0.5) is 11.4 Å². The lowest BCUT2D eigenvalue weighted by molar-refractivity contribution is -0.123. The second kappa shape index (κ2) is 8.40. The summed E-state index contributed by atoms with van der Waals surface area (Å²) in [5, 5.41) is 0. The Bertz CT molecular complexity index is 873. The van der Waals surface area contributed by atoms with Crippen molar-refractivity contribution in [1.82, 2.24) is 0 Å². The van der Waals surface area contributed by atoms with Gasteiger partial charge in [0.2, 0.25) is 11.8 Å². The zero-order chi connectivity index (χ0) is 20.4. The summed E-state index contributed by atoms with van der Waals surface area (Å²) in [7, 11) is 0. The highest BCUT2D eigenvalue weighted by atomic mass is 16.2. The van der Waals surface area contributed by atoms with Crippen LogP contribution in [0.15, 0.2) is 54.6 Å². The van der Waals surface area contributed by atoms with E-state index < -0.39 is 0 Å². The molecule has 4 heteroatoms. The number of nitrogens with zero attached hydrogens (tertiary/aromatic N) is 2. The van der Waals surface area contributed by atoms with Crippen molar-refractivity contribution in [2.75, 3.05) is 9.80 Å². The van der Waals surface area contributed by atoms with Gasteiger partial charge in [-0.2, -0.15) is 0 Å². The standard InChI is InChI=1S/C25H30N2O2/c1-18-17-24(27(19(2)28)21-13-7-4-8-14-21)22-15-9-10-16-23(22)26(18)25(29)20-11-5-3-6-12-20/h4,7-10,13-16,18,20,24H,3,5-6,11-12,17H2,1-2H3. The highest BCUT2D eigenvalue weighted by Crippen LogP contribution is 2.43. The maximum Gasteiger partial charge on any atom is 0.230 e. The summed E-state index contributed by atoms with van der Waals surface area (Å²) in [5.41, 5.74) is 2.93. The summed E-state index contributed by atoms with van der Waals surface area (Å²) >= 11 is 0. The SMILES string of the molecule is CC(=O)N(c1ccccc1)C1CC(C)N(C(=O)C2CCCCC2)c2ccccc21. The summed E-state index contributed by atoms with van der Waals surface area (Å²) in [6.45, 7) is 3.74. The smallest absolute Gasteiger partial charge is 0.230 e. The Morgan fingerprint density at radius 2 is 1.59 bits per heavy atom. The van der Waals surface area contributed by atoms with Gasteiger partial charge in [-0.1, -0.05) is 55.7 Å². The first-order valence-corrected chi connectivity index (χ1v) is 10.8.